The lowest BCUT2D eigenvalue weighted by molar-refractivity contribution is -0.121. The summed E-state index contributed by atoms with van der Waals surface area (Å²) < 4.78 is 1.06. The number of rotatable bonds is 7. The Bertz CT molecular complexity index is 1100. The van der Waals surface area contributed by atoms with Gasteiger partial charge in [-0.1, -0.05) is 70.5 Å². The lowest BCUT2D eigenvalue weighted by Crippen LogP contribution is -2.40. The van der Waals surface area contributed by atoms with Crippen LogP contribution in [0.15, 0.2) is 83.3 Å². The first kappa shape index (κ1) is 23.2. The Morgan fingerprint density at radius 1 is 0.939 bits per heavy atom. The standard InChI is InChI=1S/C27H28BrN3O2/c28-23-12-6-10-21(16-23)18-31-15-7-11-22(19-31)26(32)30-25-14-5-4-13-24(25)27(33)29-17-20-8-2-1-3-9-20/h1-6,8-10,12-14,16,22H,7,11,15,17-19H2,(H,29,33)(H,30,32). The van der Waals surface area contributed by atoms with Crippen LogP contribution in [0.3, 0.4) is 0 Å². The Balaban J connectivity index is 1.37. The number of carbonyl (C=O) groups is 2. The molecular weight excluding hydrogens is 478 g/mol. The van der Waals surface area contributed by atoms with Gasteiger partial charge in [0.05, 0.1) is 17.2 Å². The molecule has 1 saturated heterocycles. The summed E-state index contributed by atoms with van der Waals surface area (Å²) in [7, 11) is 0. The Kier molecular flexibility index (Phi) is 7.92. The van der Waals surface area contributed by atoms with Crippen LogP contribution < -0.4 is 10.6 Å². The van der Waals surface area contributed by atoms with E-state index in [4.69, 9.17) is 0 Å². The van der Waals surface area contributed by atoms with Gasteiger partial charge in [-0.2, -0.15) is 0 Å². The molecule has 1 fully saturated rings. The third-order valence-electron chi connectivity index (χ3n) is 5.90. The fourth-order valence-electron chi connectivity index (χ4n) is 4.21. The second-order valence-electron chi connectivity index (χ2n) is 8.41. The summed E-state index contributed by atoms with van der Waals surface area (Å²) in [5, 5.41) is 5.96. The molecule has 0 spiro atoms. The third-order valence-corrected chi connectivity index (χ3v) is 6.39. The molecule has 33 heavy (non-hydrogen) atoms. The van der Waals surface area contributed by atoms with Crippen LogP contribution in [0.1, 0.15) is 34.3 Å². The van der Waals surface area contributed by atoms with Gasteiger partial charge in [-0.15, -0.1) is 0 Å². The molecule has 6 heteroatoms. The third kappa shape index (κ3) is 6.53. The predicted molar refractivity (Wildman–Crippen MR) is 135 cm³/mol. The zero-order valence-electron chi connectivity index (χ0n) is 18.5. The van der Waals surface area contributed by atoms with Gasteiger partial charge in [-0.05, 0) is 54.8 Å². The number of hydrogen-bond donors (Lipinski definition) is 2. The lowest BCUT2D eigenvalue weighted by atomic mass is 9.96. The second kappa shape index (κ2) is 11.3. The van der Waals surface area contributed by atoms with Crippen molar-refractivity contribution < 1.29 is 9.59 Å². The number of carbonyl (C=O) groups excluding carboxylic acids is 2. The van der Waals surface area contributed by atoms with Crippen molar-refractivity contribution in [2.24, 2.45) is 5.92 Å². The first-order chi connectivity index (χ1) is 16.1. The molecule has 2 amide bonds. The van der Waals surface area contributed by atoms with Gasteiger partial charge in [0.15, 0.2) is 0 Å². The summed E-state index contributed by atoms with van der Waals surface area (Å²) >= 11 is 3.53. The number of likely N-dealkylation sites (tertiary alicyclic amines) is 1. The van der Waals surface area contributed by atoms with Crippen molar-refractivity contribution in [2.45, 2.75) is 25.9 Å². The molecule has 1 atom stereocenters. The van der Waals surface area contributed by atoms with Crippen LogP contribution in [0.4, 0.5) is 5.69 Å². The van der Waals surface area contributed by atoms with Crippen LogP contribution in [0, 0.1) is 5.92 Å². The Hall–Kier alpha value is -2.96. The van der Waals surface area contributed by atoms with E-state index in [1.165, 1.54) is 5.56 Å². The maximum absolute atomic E-state index is 13.1. The normalized spacial score (nSPS) is 16.2. The fraction of sp³-hybridized carbons (Fsp3) is 0.259. The largest absolute Gasteiger partial charge is 0.348 e. The Labute approximate surface area is 203 Å². The molecule has 170 valence electrons. The molecule has 3 aromatic rings. The van der Waals surface area contributed by atoms with E-state index in [1.54, 1.807) is 12.1 Å². The van der Waals surface area contributed by atoms with E-state index >= 15 is 0 Å². The molecule has 1 aliphatic heterocycles. The predicted octanol–water partition coefficient (Wildman–Crippen LogP) is 5.23. The van der Waals surface area contributed by atoms with E-state index in [9.17, 15) is 9.59 Å². The molecule has 5 nitrogen and oxygen atoms in total. The van der Waals surface area contributed by atoms with Gasteiger partial charge in [-0.25, -0.2) is 0 Å². The number of benzene rings is 3. The average molecular weight is 506 g/mol. The van der Waals surface area contributed by atoms with Crippen LogP contribution in [0.2, 0.25) is 0 Å². The van der Waals surface area contributed by atoms with E-state index in [0.717, 1.165) is 36.0 Å². The van der Waals surface area contributed by atoms with E-state index in [-0.39, 0.29) is 17.7 Å². The zero-order valence-corrected chi connectivity index (χ0v) is 20.1. The minimum absolute atomic E-state index is 0.0303. The van der Waals surface area contributed by atoms with Gasteiger partial charge < -0.3 is 10.6 Å². The van der Waals surface area contributed by atoms with Crippen molar-refractivity contribution in [1.82, 2.24) is 10.2 Å². The van der Waals surface area contributed by atoms with E-state index in [2.05, 4.69) is 43.6 Å². The highest BCUT2D eigenvalue weighted by Gasteiger charge is 2.26. The zero-order chi connectivity index (χ0) is 23.0. The molecule has 0 bridgehead atoms. The minimum Gasteiger partial charge on any atom is -0.348 e. The molecule has 0 radical (unpaired) electrons. The van der Waals surface area contributed by atoms with Gasteiger partial charge in [0.1, 0.15) is 0 Å². The number of nitrogens with zero attached hydrogens (tertiary/aromatic N) is 1. The van der Waals surface area contributed by atoms with Gasteiger partial charge >= 0.3 is 0 Å². The number of piperidine rings is 1. The first-order valence-electron chi connectivity index (χ1n) is 11.3. The van der Waals surface area contributed by atoms with E-state index in [1.807, 2.05) is 54.6 Å². The summed E-state index contributed by atoms with van der Waals surface area (Å²) in [5.74, 6) is -0.335. The summed E-state index contributed by atoms with van der Waals surface area (Å²) in [5.41, 5.74) is 3.28. The fourth-order valence-corrected chi connectivity index (χ4v) is 4.65. The SMILES string of the molecule is O=C(NCc1ccccc1)c1ccccc1NC(=O)C1CCCN(Cc2cccc(Br)c2)C1. The number of nitrogens with one attached hydrogen (secondary N) is 2. The maximum atomic E-state index is 13.1. The van der Waals surface area contributed by atoms with Gasteiger partial charge in [-0.3, -0.25) is 14.5 Å². The van der Waals surface area contributed by atoms with Crippen LogP contribution in [0.25, 0.3) is 0 Å². The van der Waals surface area contributed by atoms with Crippen molar-refractivity contribution >= 4 is 33.4 Å². The highest BCUT2D eigenvalue weighted by molar-refractivity contribution is 9.10. The molecular formula is C27H28BrN3O2. The number of para-hydroxylation sites is 1. The molecule has 0 aromatic heterocycles. The second-order valence-corrected chi connectivity index (χ2v) is 9.32. The quantitative estimate of drug-likeness (QED) is 0.462. The van der Waals surface area contributed by atoms with Crippen molar-refractivity contribution in [1.29, 1.82) is 0 Å². The van der Waals surface area contributed by atoms with Gasteiger partial charge in [0.2, 0.25) is 5.91 Å². The van der Waals surface area contributed by atoms with Crippen molar-refractivity contribution in [3.63, 3.8) is 0 Å². The van der Waals surface area contributed by atoms with Gasteiger partial charge in [0, 0.05) is 24.1 Å². The molecule has 1 heterocycles. The first-order valence-corrected chi connectivity index (χ1v) is 12.1. The minimum atomic E-state index is -0.199. The maximum Gasteiger partial charge on any atom is 0.253 e. The number of amides is 2. The molecule has 1 unspecified atom stereocenters. The van der Waals surface area contributed by atoms with Gasteiger partial charge in [0.25, 0.3) is 5.91 Å². The van der Waals surface area contributed by atoms with Crippen LogP contribution in [-0.2, 0) is 17.9 Å². The Morgan fingerprint density at radius 3 is 2.52 bits per heavy atom. The highest BCUT2D eigenvalue weighted by atomic mass is 79.9. The van der Waals surface area contributed by atoms with Crippen LogP contribution in [-0.4, -0.2) is 29.8 Å². The summed E-state index contributed by atoms with van der Waals surface area (Å²) in [4.78, 5) is 28.2. The molecule has 0 aliphatic carbocycles. The van der Waals surface area contributed by atoms with Crippen LogP contribution >= 0.6 is 15.9 Å². The van der Waals surface area contributed by atoms with E-state index in [0.29, 0.717) is 24.3 Å². The Morgan fingerprint density at radius 2 is 1.70 bits per heavy atom. The molecule has 0 saturated carbocycles. The molecule has 1 aliphatic rings. The average Bonchev–Trinajstić information content (AvgIpc) is 2.84. The topological polar surface area (TPSA) is 61.4 Å². The van der Waals surface area contributed by atoms with Crippen molar-refractivity contribution in [3.05, 3.63) is 100 Å². The highest BCUT2D eigenvalue weighted by Crippen LogP contribution is 2.23. The van der Waals surface area contributed by atoms with E-state index < -0.39 is 0 Å². The molecule has 3 aromatic carbocycles. The number of halogens is 1. The van der Waals surface area contributed by atoms with Crippen molar-refractivity contribution in [2.75, 3.05) is 18.4 Å². The summed E-state index contributed by atoms with van der Waals surface area (Å²) in [6.07, 6.45) is 1.83. The molecule has 2 N–H and O–H groups in total. The lowest BCUT2D eigenvalue weighted by Gasteiger charge is -2.32. The van der Waals surface area contributed by atoms with Crippen LogP contribution in [0.5, 0.6) is 0 Å². The summed E-state index contributed by atoms with van der Waals surface area (Å²) in [6.45, 7) is 2.95. The summed E-state index contributed by atoms with van der Waals surface area (Å²) in [6, 6.07) is 25.2. The smallest absolute Gasteiger partial charge is 0.253 e. The molecule has 4 rings (SSSR count). The van der Waals surface area contributed by atoms with Crippen molar-refractivity contribution in [3.8, 4) is 0 Å². The monoisotopic (exact) mass is 505 g/mol. The number of hydrogen-bond acceptors (Lipinski definition) is 3. The number of anilines is 1.